The third-order valence-electron chi connectivity index (χ3n) is 3.32. The molecule has 3 aromatic rings. The molecule has 6 heteroatoms. The molecule has 0 spiro atoms. The molecule has 25 heavy (non-hydrogen) atoms. The van der Waals surface area contributed by atoms with Crippen LogP contribution in [-0.4, -0.2) is 11.0 Å². The third kappa shape index (κ3) is 4.96. The minimum absolute atomic E-state index is 0.345. The molecule has 0 bridgehead atoms. The second-order valence-corrected chi connectivity index (χ2v) is 5.65. The number of rotatable bonds is 5. The van der Waals surface area contributed by atoms with Gasteiger partial charge in [0.1, 0.15) is 6.61 Å². The van der Waals surface area contributed by atoms with Crippen LogP contribution < -0.4 is 15.4 Å². The van der Waals surface area contributed by atoms with E-state index >= 15 is 0 Å². The van der Waals surface area contributed by atoms with E-state index in [1.165, 1.54) is 0 Å². The fourth-order valence-corrected chi connectivity index (χ4v) is 2.36. The molecule has 0 aliphatic heterocycles. The number of nitrogens with one attached hydrogen (secondary N) is 2. The van der Waals surface area contributed by atoms with Crippen molar-refractivity contribution in [2.24, 2.45) is 0 Å². The average molecular weight is 354 g/mol. The molecule has 3 rings (SSSR count). The number of hydrogen-bond donors (Lipinski definition) is 2. The highest BCUT2D eigenvalue weighted by atomic mass is 35.5. The molecule has 2 N–H and O–H groups in total. The van der Waals surface area contributed by atoms with Crippen molar-refractivity contribution in [2.75, 3.05) is 10.6 Å². The second-order valence-electron chi connectivity index (χ2n) is 5.21. The van der Waals surface area contributed by atoms with E-state index in [9.17, 15) is 4.79 Å². The number of anilines is 2. The van der Waals surface area contributed by atoms with Crippen molar-refractivity contribution in [1.82, 2.24) is 4.98 Å². The number of aromatic nitrogens is 1. The summed E-state index contributed by atoms with van der Waals surface area (Å²) in [6, 6.07) is 19.7. The van der Waals surface area contributed by atoms with Crippen LogP contribution in [0.3, 0.4) is 0 Å². The van der Waals surface area contributed by atoms with Gasteiger partial charge in [0, 0.05) is 16.9 Å². The molecular weight excluding hydrogens is 338 g/mol. The van der Waals surface area contributed by atoms with Crippen molar-refractivity contribution in [1.29, 1.82) is 0 Å². The fraction of sp³-hybridized carbons (Fsp3) is 0.0526. The number of halogens is 1. The fourth-order valence-electron chi connectivity index (χ4n) is 2.17. The van der Waals surface area contributed by atoms with Gasteiger partial charge in [0.2, 0.25) is 0 Å². The number of carbonyl (C=O) groups is 1. The van der Waals surface area contributed by atoms with Gasteiger partial charge in [-0.05, 0) is 35.9 Å². The van der Waals surface area contributed by atoms with Gasteiger partial charge in [0.25, 0.3) is 0 Å². The summed E-state index contributed by atoms with van der Waals surface area (Å²) in [7, 11) is 0. The lowest BCUT2D eigenvalue weighted by molar-refractivity contribution is 0.261. The molecule has 0 aliphatic rings. The first kappa shape index (κ1) is 16.8. The lowest BCUT2D eigenvalue weighted by Gasteiger charge is -2.12. The summed E-state index contributed by atoms with van der Waals surface area (Å²) in [5, 5.41) is 5.93. The van der Waals surface area contributed by atoms with Gasteiger partial charge in [-0.25, -0.2) is 9.78 Å². The van der Waals surface area contributed by atoms with Crippen molar-refractivity contribution in [3.05, 3.63) is 83.5 Å². The molecule has 0 fully saturated rings. The van der Waals surface area contributed by atoms with Crippen LogP contribution in [0.4, 0.5) is 16.3 Å². The van der Waals surface area contributed by atoms with Gasteiger partial charge in [-0.1, -0.05) is 48.0 Å². The predicted molar refractivity (Wildman–Crippen MR) is 99.1 cm³/mol. The van der Waals surface area contributed by atoms with Crippen molar-refractivity contribution >= 4 is 29.1 Å². The number of pyridine rings is 1. The van der Waals surface area contributed by atoms with Crippen LogP contribution >= 0.6 is 11.6 Å². The lowest BCUT2D eigenvalue weighted by atomic mass is 10.2. The zero-order chi connectivity index (χ0) is 17.5. The number of benzene rings is 2. The maximum Gasteiger partial charge on any atom is 0.324 e. The molecule has 2 amide bonds. The molecule has 2 aromatic carbocycles. The van der Waals surface area contributed by atoms with Crippen LogP contribution in [-0.2, 0) is 6.61 Å². The highest BCUT2D eigenvalue weighted by molar-refractivity contribution is 6.30. The Balaban J connectivity index is 1.65. The Hall–Kier alpha value is -3.05. The largest absolute Gasteiger partial charge is 0.485 e. The zero-order valence-corrected chi connectivity index (χ0v) is 14.0. The molecule has 1 heterocycles. The Morgan fingerprint density at radius 3 is 2.64 bits per heavy atom. The molecule has 0 atom stereocenters. The summed E-state index contributed by atoms with van der Waals surface area (Å²) in [5.74, 6) is 0.838. The van der Waals surface area contributed by atoms with Crippen molar-refractivity contribution in [3.63, 3.8) is 0 Å². The average Bonchev–Trinajstić information content (AvgIpc) is 2.62. The van der Waals surface area contributed by atoms with Gasteiger partial charge in [-0.2, -0.15) is 0 Å². The van der Waals surface area contributed by atoms with Gasteiger partial charge in [-0.3, -0.25) is 5.32 Å². The Labute approximate surface area is 150 Å². The van der Waals surface area contributed by atoms with Crippen LogP contribution in [0.15, 0.2) is 72.9 Å². The van der Waals surface area contributed by atoms with E-state index in [-0.39, 0.29) is 0 Å². The third-order valence-corrected chi connectivity index (χ3v) is 3.56. The molecule has 5 nitrogen and oxygen atoms in total. The predicted octanol–water partition coefficient (Wildman–Crippen LogP) is 4.96. The van der Waals surface area contributed by atoms with Crippen LogP contribution in [0.2, 0.25) is 5.02 Å². The summed E-state index contributed by atoms with van der Waals surface area (Å²) in [6.07, 6.45) is 1.59. The Kier molecular flexibility index (Phi) is 5.49. The lowest BCUT2D eigenvalue weighted by Crippen LogP contribution is -2.20. The van der Waals surface area contributed by atoms with E-state index < -0.39 is 6.03 Å². The van der Waals surface area contributed by atoms with Gasteiger partial charge < -0.3 is 10.1 Å². The Morgan fingerprint density at radius 1 is 1.00 bits per heavy atom. The molecule has 0 radical (unpaired) electrons. The highest BCUT2D eigenvalue weighted by Crippen LogP contribution is 2.22. The van der Waals surface area contributed by atoms with Crippen molar-refractivity contribution in [3.8, 4) is 5.75 Å². The molecule has 0 unspecified atom stereocenters. The highest BCUT2D eigenvalue weighted by Gasteiger charge is 2.09. The van der Waals surface area contributed by atoms with Crippen LogP contribution in [0.1, 0.15) is 5.56 Å². The smallest absolute Gasteiger partial charge is 0.324 e. The first-order chi connectivity index (χ1) is 12.2. The number of carbonyl (C=O) groups excluding carboxylic acids is 1. The molecule has 1 aromatic heterocycles. The van der Waals surface area contributed by atoms with E-state index in [0.717, 1.165) is 5.56 Å². The topological polar surface area (TPSA) is 63.2 Å². The molecule has 126 valence electrons. The summed E-state index contributed by atoms with van der Waals surface area (Å²) in [5.41, 5.74) is 1.62. The van der Waals surface area contributed by atoms with E-state index in [4.69, 9.17) is 16.3 Å². The van der Waals surface area contributed by atoms with Gasteiger partial charge >= 0.3 is 6.03 Å². The minimum atomic E-state index is -0.425. The SMILES string of the molecule is O=C(Nc1cccc(Cl)c1)Nc1ncccc1OCc1ccccc1. The van der Waals surface area contributed by atoms with Crippen LogP contribution in [0.25, 0.3) is 0 Å². The number of nitrogens with zero attached hydrogens (tertiary/aromatic N) is 1. The monoisotopic (exact) mass is 353 g/mol. The van der Waals surface area contributed by atoms with E-state index in [2.05, 4.69) is 15.6 Å². The van der Waals surface area contributed by atoms with Gasteiger partial charge in [0.05, 0.1) is 0 Å². The summed E-state index contributed by atoms with van der Waals surface area (Å²) in [6.45, 7) is 0.386. The molecule has 0 saturated heterocycles. The number of ether oxygens (including phenoxy) is 1. The standard InChI is InChI=1S/C19H16ClN3O2/c20-15-8-4-9-16(12-15)22-19(24)23-18-17(10-5-11-21-18)25-13-14-6-2-1-3-7-14/h1-12H,13H2,(H2,21,22,23,24). The maximum absolute atomic E-state index is 12.2. The Morgan fingerprint density at radius 2 is 1.84 bits per heavy atom. The number of urea groups is 1. The van der Waals surface area contributed by atoms with E-state index in [1.54, 1.807) is 42.6 Å². The van der Waals surface area contributed by atoms with Crippen molar-refractivity contribution < 1.29 is 9.53 Å². The maximum atomic E-state index is 12.2. The molecular formula is C19H16ClN3O2. The van der Waals surface area contributed by atoms with Crippen molar-refractivity contribution in [2.45, 2.75) is 6.61 Å². The molecule has 0 saturated carbocycles. The Bertz CT molecular complexity index is 856. The van der Waals surface area contributed by atoms with E-state index in [1.807, 2.05) is 30.3 Å². The van der Waals surface area contributed by atoms with E-state index in [0.29, 0.717) is 28.9 Å². The number of amides is 2. The quantitative estimate of drug-likeness (QED) is 0.681. The second kappa shape index (κ2) is 8.17. The normalized spacial score (nSPS) is 10.1. The summed E-state index contributed by atoms with van der Waals surface area (Å²) < 4.78 is 5.77. The summed E-state index contributed by atoms with van der Waals surface area (Å²) in [4.78, 5) is 16.3. The first-order valence-electron chi connectivity index (χ1n) is 7.66. The molecule has 0 aliphatic carbocycles. The van der Waals surface area contributed by atoms with Gasteiger partial charge in [-0.15, -0.1) is 0 Å². The van der Waals surface area contributed by atoms with Crippen LogP contribution in [0, 0.1) is 0 Å². The number of hydrogen-bond acceptors (Lipinski definition) is 3. The zero-order valence-electron chi connectivity index (χ0n) is 13.3. The minimum Gasteiger partial charge on any atom is -0.485 e. The van der Waals surface area contributed by atoms with Crippen LogP contribution in [0.5, 0.6) is 5.75 Å². The van der Waals surface area contributed by atoms with Gasteiger partial charge in [0.15, 0.2) is 11.6 Å². The first-order valence-corrected chi connectivity index (χ1v) is 8.04. The summed E-state index contributed by atoms with van der Waals surface area (Å²) >= 11 is 5.91.